The first-order chi connectivity index (χ1) is 11.8. The molecule has 128 valence electrons. The molecule has 1 fully saturated rings. The fraction of sp³-hybridized carbons (Fsp3) is 0.500. The number of ether oxygens (including phenoxy) is 1. The van der Waals surface area contributed by atoms with Gasteiger partial charge in [0.15, 0.2) is 0 Å². The zero-order chi connectivity index (χ0) is 16.6. The maximum absolute atomic E-state index is 11.9. The van der Waals surface area contributed by atoms with Crippen molar-refractivity contribution in [2.45, 2.75) is 13.0 Å². The molecule has 24 heavy (non-hydrogen) atoms. The van der Waals surface area contributed by atoms with Crippen LogP contribution < -0.4 is 10.2 Å². The maximum Gasteiger partial charge on any atom is 0.243 e. The molecule has 3 rings (SSSR count). The standard InChI is InChI=1S/C16H22N6O2/c23-15(17-7-4-8-21-9-11-24-12-10-21)13-22-19-16(18-20-22)14-5-2-1-3-6-14/h1-3,5-6H,4,7-13H2,(H,17,23)/p+1. The van der Waals surface area contributed by atoms with Crippen molar-refractivity contribution < 1.29 is 14.4 Å². The van der Waals surface area contributed by atoms with Gasteiger partial charge < -0.3 is 15.0 Å². The van der Waals surface area contributed by atoms with Gasteiger partial charge in [-0.2, -0.15) is 4.80 Å². The van der Waals surface area contributed by atoms with E-state index >= 15 is 0 Å². The molecule has 8 nitrogen and oxygen atoms in total. The minimum atomic E-state index is -0.0935. The van der Waals surface area contributed by atoms with Crippen molar-refractivity contribution in [2.24, 2.45) is 0 Å². The molecular formula is C16H23N6O2+. The van der Waals surface area contributed by atoms with Gasteiger partial charge in [0.1, 0.15) is 19.6 Å². The van der Waals surface area contributed by atoms with Gasteiger partial charge in [0.2, 0.25) is 11.7 Å². The normalized spacial score (nSPS) is 15.3. The number of nitrogens with one attached hydrogen (secondary N) is 2. The van der Waals surface area contributed by atoms with Gasteiger partial charge in [0, 0.05) is 18.5 Å². The van der Waals surface area contributed by atoms with Crippen molar-refractivity contribution >= 4 is 5.91 Å². The summed E-state index contributed by atoms with van der Waals surface area (Å²) in [5.74, 6) is 0.434. The smallest absolute Gasteiger partial charge is 0.243 e. The minimum absolute atomic E-state index is 0.0875. The van der Waals surface area contributed by atoms with Crippen LogP contribution in [0.3, 0.4) is 0 Å². The highest BCUT2D eigenvalue weighted by atomic mass is 16.5. The average Bonchev–Trinajstić information content (AvgIpc) is 3.09. The molecule has 2 N–H and O–H groups in total. The number of amides is 1. The first-order valence-electron chi connectivity index (χ1n) is 8.32. The molecule has 0 spiro atoms. The summed E-state index contributed by atoms with van der Waals surface area (Å²) in [7, 11) is 0. The number of aromatic nitrogens is 4. The van der Waals surface area contributed by atoms with Crippen LogP contribution in [0, 0.1) is 0 Å². The molecule has 1 saturated heterocycles. The van der Waals surface area contributed by atoms with Crippen LogP contribution in [0.5, 0.6) is 0 Å². The monoisotopic (exact) mass is 331 g/mol. The second-order valence-corrected chi connectivity index (χ2v) is 5.83. The van der Waals surface area contributed by atoms with E-state index in [1.807, 2.05) is 30.3 Å². The summed E-state index contributed by atoms with van der Waals surface area (Å²) >= 11 is 0. The molecule has 0 saturated carbocycles. The Hall–Kier alpha value is -2.32. The summed E-state index contributed by atoms with van der Waals surface area (Å²) in [6.45, 7) is 5.60. The van der Waals surface area contributed by atoms with Gasteiger partial charge in [-0.15, -0.1) is 10.2 Å². The van der Waals surface area contributed by atoms with Gasteiger partial charge in [0.25, 0.3) is 0 Å². The lowest BCUT2D eigenvalue weighted by Gasteiger charge is -2.23. The third-order valence-electron chi connectivity index (χ3n) is 4.00. The van der Waals surface area contributed by atoms with E-state index in [0.717, 1.165) is 44.8 Å². The van der Waals surface area contributed by atoms with Crippen molar-refractivity contribution in [1.82, 2.24) is 25.5 Å². The Morgan fingerprint density at radius 1 is 1.25 bits per heavy atom. The molecule has 1 amide bonds. The van der Waals surface area contributed by atoms with Gasteiger partial charge >= 0.3 is 0 Å². The lowest BCUT2D eigenvalue weighted by Crippen LogP contribution is -3.14. The van der Waals surface area contributed by atoms with E-state index in [-0.39, 0.29) is 12.5 Å². The van der Waals surface area contributed by atoms with Gasteiger partial charge in [-0.3, -0.25) is 4.79 Å². The average molecular weight is 331 g/mol. The van der Waals surface area contributed by atoms with Gasteiger partial charge in [-0.1, -0.05) is 30.3 Å². The van der Waals surface area contributed by atoms with Crippen molar-refractivity contribution in [3.63, 3.8) is 0 Å². The number of hydrogen-bond acceptors (Lipinski definition) is 5. The molecule has 1 aromatic heterocycles. The SMILES string of the molecule is O=C(Cn1nnc(-c2ccccc2)n1)NCCC[NH+]1CCOCC1. The molecule has 8 heteroatoms. The highest BCUT2D eigenvalue weighted by Crippen LogP contribution is 2.11. The Morgan fingerprint density at radius 3 is 2.83 bits per heavy atom. The molecule has 1 aliphatic heterocycles. The first-order valence-corrected chi connectivity index (χ1v) is 8.32. The zero-order valence-electron chi connectivity index (χ0n) is 13.6. The van der Waals surface area contributed by atoms with E-state index in [4.69, 9.17) is 4.74 Å². The minimum Gasteiger partial charge on any atom is -0.370 e. The predicted octanol–water partition coefficient (Wildman–Crippen LogP) is -1.24. The summed E-state index contributed by atoms with van der Waals surface area (Å²) in [5, 5.41) is 15.1. The number of rotatable bonds is 7. The third-order valence-corrected chi connectivity index (χ3v) is 4.00. The number of tetrazole rings is 1. The van der Waals surface area contributed by atoms with Crippen molar-refractivity contribution in [3.8, 4) is 11.4 Å². The highest BCUT2D eigenvalue weighted by molar-refractivity contribution is 5.75. The van der Waals surface area contributed by atoms with Gasteiger partial charge in [-0.25, -0.2) is 0 Å². The Labute approximate surface area is 140 Å². The molecule has 0 radical (unpaired) electrons. The third kappa shape index (κ3) is 4.84. The molecular weight excluding hydrogens is 308 g/mol. The van der Waals surface area contributed by atoms with Crippen LogP contribution in [0.15, 0.2) is 30.3 Å². The van der Waals surface area contributed by atoms with Crippen LogP contribution in [0.25, 0.3) is 11.4 Å². The predicted molar refractivity (Wildman–Crippen MR) is 87.3 cm³/mol. The molecule has 0 bridgehead atoms. The second kappa shape index (κ2) is 8.51. The Balaban J connectivity index is 1.38. The number of quaternary nitrogens is 1. The number of morpholine rings is 1. The van der Waals surface area contributed by atoms with Crippen molar-refractivity contribution in [2.75, 3.05) is 39.4 Å². The number of carbonyl (C=O) groups is 1. The summed E-state index contributed by atoms with van der Waals surface area (Å²) in [4.78, 5) is 14.8. The van der Waals surface area contributed by atoms with E-state index in [0.29, 0.717) is 12.4 Å². The molecule has 0 unspecified atom stereocenters. The lowest BCUT2D eigenvalue weighted by molar-refractivity contribution is -0.908. The van der Waals surface area contributed by atoms with Crippen LogP contribution in [-0.2, 0) is 16.1 Å². The summed E-state index contributed by atoms with van der Waals surface area (Å²) in [6, 6.07) is 9.59. The number of hydrogen-bond donors (Lipinski definition) is 2. The van der Waals surface area contributed by atoms with Gasteiger partial charge in [0.05, 0.1) is 19.8 Å². The summed E-state index contributed by atoms with van der Waals surface area (Å²) in [5.41, 5.74) is 0.887. The molecule has 0 aliphatic carbocycles. The van der Waals surface area contributed by atoms with Crippen molar-refractivity contribution in [3.05, 3.63) is 30.3 Å². The summed E-state index contributed by atoms with van der Waals surface area (Å²) < 4.78 is 5.33. The molecule has 1 aliphatic rings. The number of carbonyl (C=O) groups excluding carboxylic acids is 1. The topological polar surface area (TPSA) is 86.4 Å². The van der Waals surface area contributed by atoms with E-state index in [9.17, 15) is 4.79 Å². The number of benzene rings is 1. The van der Waals surface area contributed by atoms with Crippen LogP contribution >= 0.6 is 0 Å². The van der Waals surface area contributed by atoms with Gasteiger partial charge in [-0.05, 0) is 5.21 Å². The highest BCUT2D eigenvalue weighted by Gasteiger charge is 2.13. The summed E-state index contributed by atoms with van der Waals surface area (Å²) in [6.07, 6.45) is 0.959. The quantitative estimate of drug-likeness (QED) is 0.620. The molecule has 2 heterocycles. The van der Waals surface area contributed by atoms with Crippen LogP contribution in [0.4, 0.5) is 0 Å². The van der Waals surface area contributed by atoms with Crippen molar-refractivity contribution in [1.29, 1.82) is 0 Å². The Kier molecular flexibility index (Phi) is 5.86. The van der Waals surface area contributed by atoms with Crippen LogP contribution in [-0.4, -0.2) is 65.5 Å². The maximum atomic E-state index is 11.9. The molecule has 0 atom stereocenters. The Bertz CT molecular complexity index is 639. The molecule has 1 aromatic carbocycles. The van der Waals surface area contributed by atoms with Crippen LogP contribution in [0.1, 0.15) is 6.42 Å². The zero-order valence-corrected chi connectivity index (χ0v) is 13.6. The fourth-order valence-electron chi connectivity index (χ4n) is 2.67. The number of nitrogens with zero attached hydrogens (tertiary/aromatic N) is 4. The van der Waals surface area contributed by atoms with E-state index < -0.39 is 0 Å². The van der Waals surface area contributed by atoms with E-state index in [1.165, 1.54) is 4.80 Å². The fourth-order valence-corrected chi connectivity index (χ4v) is 2.67. The Morgan fingerprint density at radius 2 is 2.04 bits per heavy atom. The first kappa shape index (κ1) is 16.5. The molecule has 2 aromatic rings. The van der Waals surface area contributed by atoms with Crippen LogP contribution in [0.2, 0.25) is 0 Å². The second-order valence-electron chi connectivity index (χ2n) is 5.83. The largest absolute Gasteiger partial charge is 0.370 e. The van der Waals surface area contributed by atoms with E-state index in [2.05, 4.69) is 20.7 Å². The lowest BCUT2D eigenvalue weighted by atomic mass is 10.2. The van der Waals surface area contributed by atoms with E-state index in [1.54, 1.807) is 4.90 Å².